The zero-order chi connectivity index (χ0) is 17.2. The first-order valence-electron chi connectivity index (χ1n) is 8.01. The third-order valence-corrected chi connectivity index (χ3v) is 5.27. The second-order valence-corrected chi connectivity index (χ2v) is 7.26. The van der Waals surface area contributed by atoms with E-state index in [-0.39, 0.29) is 0 Å². The zero-order valence-electron chi connectivity index (χ0n) is 13.7. The van der Waals surface area contributed by atoms with Gasteiger partial charge in [-0.3, -0.25) is 0 Å². The maximum absolute atomic E-state index is 5.95. The van der Waals surface area contributed by atoms with Gasteiger partial charge in [0.15, 0.2) is 0 Å². The van der Waals surface area contributed by atoms with Gasteiger partial charge in [-0.25, -0.2) is 9.97 Å². The number of nitrogens with zero attached hydrogens (tertiary/aromatic N) is 2. The molecule has 0 aliphatic rings. The third-order valence-electron chi connectivity index (χ3n) is 3.94. The number of hydrogen-bond donors (Lipinski definition) is 1. The molecule has 0 aliphatic heterocycles. The Kier molecular flexibility index (Phi) is 4.38. The minimum Gasteiger partial charge on any atom is -0.365 e. The van der Waals surface area contributed by atoms with Crippen molar-refractivity contribution < 1.29 is 0 Å². The lowest BCUT2D eigenvalue weighted by Gasteiger charge is -2.07. The van der Waals surface area contributed by atoms with E-state index in [0.717, 1.165) is 32.4 Å². The number of benzene rings is 2. The number of nitrogens with one attached hydrogen (secondary N) is 1. The van der Waals surface area contributed by atoms with Crippen molar-refractivity contribution in [3.8, 4) is 10.4 Å². The fourth-order valence-electron chi connectivity index (χ4n) is 2.70. The highest BCUT2D eigenvalue weighted by Gasteiger charge is 2.11. The molecule has 1 N–H and O–H groups in total. The largest absolute Gasteiger partial charge is 0.365 e. The van der Waals surface area contributed by atoms with Crippen molar-refractivity contribution in [2.24, 2.45) is 0 Å². The second kappa shape index (κ2) is 6.82. The molecule has 0 saturated carbocycles. The van der Waals surface area contributed by atoms with Gasteiger partial charge in [-0.1, -0.05) is 54.1 Å². The normalized spacial score (nSPS) is 11.0. The number of thiophene rings is 1. The van der Waals surface area contributed by atoms with Crippen LogP contribution in [0.2, 0.25) is 5.02 Å². The highest BCUT2D eigenvalue weighted by molar-refractivity contribution is 7.21. The maximum atomic E-state index is 5.95. The molecular weight excluding hydrogens is 350 g/mol. The number of anilines is 1. The third kappa shape index (κ3) is 3.50. The van der Waals surface area contributed by atoms with Crippen LogP contribution in [0.1, 0.15) is 11.4 Å². The Morgan fingerprint density at radius 3 is 2.52 bits per heavy atom. The topological polar surface area (TPSA) is 37.8 Å². The van der Waals surface area contributed by atoms with E-state index in [4.69, 9.17) is 11.6 Å². The summed E-state index contributed by atoms with van der Waals surface area (Å²) in [5.41, 5.74) is 2.36. The van der Waals surface area contributed by atoms with E-state index < -0.39 is 0 Å². The predicted octanol–water partition coefficient (Wildman–Crippen LogP) is 5.93. The maximum Gasteiger partial charge on any atom is 0.138 e. The molecular formula is C20H16ClN3S. The summed E-state index contributed by atoms with van der Waals surface area (Å²) in [6.45, 7) is 2.62. The molecule has 0 bridgehead atoms. The van der Waals surface area contributed by atoms with Gasteiger partial charge in [0.2, 0.25) is 0 Å². The summed E-state index contributed by atoms with van der Waals surface area (Å²) in [6, 6.07) is 20.4. The summed E-state index contributed by atoms with van der Waals surface area (Å²) >= 11 is 7.64. The van der Waals surface area contributed by atoms with Gasteiger partial charge in [-0.15, -0.1) is 11.3 Å². The van der Waals surface area contributed by atoms with Gasteiger partial charge < -0.3 is 5.32 Å². The fraction of sp³-hybridized carbons (Fsp3) is 0.100. The smallest absolute Gasteiger partial charge is 0.138 e. The van der Waals surface area contributed by atoms with E-state index in [1.807, 2.05) is 37.3 Å². The highest BCUT2D eigenvalue weighted by Crippen LogP contribution is 2.35. The van der Waals surface area contributed by atoms with Crippen molar-refractivity contribution in [1.82, 2.24) is 9.97 Å². The van der Waals surface area contributed by atoms with Crippen LogP contribution in [-0.4, -0.2) is 9.97 Å². The Morgan fingerprint density at radius 1 is 1.00 bits per heavy atom. The molecule has 0 unspecified atom stereocenters. The van der Waals surface area contributed by atoms with Crippen LogP contribution in [0.4, 0.5) is 5.82 Å². The molecule has 0 atom stereocenters. The molecule has 3 nitrogen and oxygen atoms in total. The van der Waals surface area contributed by atoms with Gasteiger partial charge in [0, 0.05) is 16.4 Å². The lowest BCUT2D eigenvalue weighted by molar-refractivity contribution is 1.06. The van der Waals surface area contributed by atoms with Gasteiger partial charge in [0.05, 0.1) is 5.39 Å². The van der Waals surface area contributed by atoms with E-state index in [2.05, 4.69) is 45.6 Å². The zero-order valence-corrected chi connectivity index (χ0v) is 15.2. The summed E-state index contributed by atoms with van der Waals surface area (Å²) in [6.07, 6.45) is 0. The van der Waals surface area contributed by atoms with Crippen LogP contribution < -0.4 is 5.32 Å². The average Bonchev–Trinajstić information content (AvgIpc) is 3.06. The van der Waals surface area contributed by atoms with Crippen LogP contribution in [0.3, 0.4) is 0 Å². The number of hydrogen-bond acceptors (Lipinski definition) is 4. The van der Waals surface area contributed by atoms with Gasteiger partial charge in [0.1, 0.15) is 16.5 Å². The van der Waals surface area contributed by atoms with Crippen LogP contribution in [0.15, 0.2) is 60.7 Å². The predicted molar refractivity (Wildman–Crippen MR) is 106 cm³/mol. The molecule has 0 spiro atoms. The quantitative estimate of drug-likeness (QED) is 0.487. The second-order valence-electron chi connectivity index (χ2n) is 5.79. The first kappa shape index (κ1) is 16.1. The summed E-state index contributed by atoms with van der Waals surface area (Å²) < 4.78 is 0. The summed E-state index contributed by atoms with van der Waals surface area (Å²) in [7, 11) is 0. The number of halogens is 1. The standard InChI is InChI=1S/C20H16ClN3S/c1-13-23-19(22-12-14-7-9-16(21)10-8-14)17-11-18(25-20(17)24-13)15-5-3-2-4-6-15/h2-11H,12H2,1H3,(H,22,23,24). The molecule has 4 aromatic rings. The minimum absolute atomic E-state index is 0.694. The number of aryl methyl sites for hydroxylation is 1. The van der Waals surface area contributed by atoms with Crippen LogP contribution in [0, 0.1) is 6.92 Å². The van der Waals surface area contributed by atoms with Crippen molar-refractivity contribution in [3.63, 3.8) is 0 Å². The van der Waals surface area contributed by atoms with Gasteiger partial charge in [-0.2, -0.15) is 0 Å². The minimum atomic E-state index is 0.694. The fourth-order valence-corrected chi connectivity index (χ4v) is 3.90. The van der Waals surface area contributed by atoms with Crippen molar-refractivity contribution in [1.29, 1.82) is 0 Å². The average molecular weight is 366 g/mol. The summed E-state index contributed by atoms with van der Waals surface area (Å²) in [5.74, 6) is 1.64. The van der Waals surface area contributed by atoms with Crippen molar-refractivity contribution in [3.05, 3.63) is 77.1 Å². The Balaban J connectivity index is 1.68. The van der Waals surface area contributed by atoms with Gasteiger partial charge in [-0.05, 0) is 36.2 Å². The Labute approximate surface area is 155 Å². The summed E-state index contributed by atoms with van der Waals surface area (Å²) in [4.78, 5) is 11.4. The lowest BCUT2D eigenvalue weighted by atomic mass is 10.2. The molecule has 0 saturated heterocycles. The molecule has 2 aromatic heterocycles. The number of rotatable bonds is 4. The van der Waals surface area contributed by atoms with Crippen molar-refractivity contribution in [2.45, 2.75) is 13.5 Å². The van der Waals surface area contributed by atoms with E-state index in [9.17, 15) is 0 Å². The monoisotopic (exact) mass is 365 g/mol. The Morgan fingerprint density at radius 2 is 1.76 bits per heavy atom. The van der Waals surface area contributed by atoms with Crippen LogP contribution in [0.25, 0.3) is 20.7 Å². The van der Waals surface area contributed by atoms with Gasteiger partial charge >= 0.3 is 0 Å². The number of fused-ring (bicyclic) bond motifs is 1. The molecule has 2 aromatic carbocycles. The van der Waals surface area contributed by atoms with E-state index in [0.29, 0.717) is 6.54 Å². The van der Waals surface area contributed by atoms with Crippen molar-refractivity contribution in [2.75, 3.05) is 5.32 Å². The molecule has 25 heavy (non-hydrogen) atoms. The Hall–Kier alpha value is -2.43. The molecule has 0 amide bonds. The van der Waals surface area contributed by atoms with E-state index in [1.54, 1.807) is 11.3 Å². The molecule has 5 heteroatoms. The molecule has 0 fully saturated rings. The molecule has 0 radical (unpaired) electrons. The molecule has 0 aliphatic carbocycles. The lowest BCUT2D eigenvalue weighted by Crippen LogP contribution is -2.03. The van der Waals surface area contributed by atoms with E-state index >= 15 is 0 Å². The molecule has 4 rings (SSSR count). The molecule has 2 heterocycles. The Bertz CT molecular complexity index is 1010. The SMILES string of the molecule is Cc1nc(NCc2ccc(Cl)cc2)c2cc(-c3ccccc3)sc2n1. The van der Waals surface area contributed by atoms with Crippen molar-refractivity contribution >= 4 is 39.0 Å². The van der Waals surface area contributed by atoms with Crippen LogP contribution in [-0.2, 0) is 6.54 Å². The van der Waals surface area contributed by atoms with Crippen LogP contribution in [0.5, 0.6) is 0 Å². The van der Waals surface area contributed by atoms with Gasteiger partial charge in [0.25, 0.3) is 0 Å². The van der Waals surface area contributed by atoms with E-state index in [1.165, 1.54) is 10.4 Å². The molecule has 124 valence electrons. The first-order chi connectivity index (χ1) is 12.2. The summed E-state index contributed by atoms with van der Waals surface area (Å²) in [5, 5.41) is 5.24. The van der Waals surface area contributed by atoms with Crippen LogP contribution >= 0.6 is 22.9 Å². The number of aromatic nitrogens is 2. The highest BCUT2D eigenvalue weighted by atomic mass is 35.5. The first-order valence-corrected chi connectivity index (χ1v) is 9.20.